The number of carbonyl (C=O) groups is 1. The van der Waals surface area contributed by atoms with E-state index in [1.165, 1.54) is 0 Å². The predicted molar refractivity (Wildman–Crippen MR) is 123 cm³/mol. The van der Waals surface area contributed by atoms with E-state index in [-0.39, 0.29) is 18.1 Å². The second-order valence-electron chi connectivity index (χ2n) is 7.30. The first-order chi connectivity index (χ1) is 15.0. The average Bonchev–Trinajstić information content (AvgIpc) is 3.24. The van der Waals surface area contributed by atoms with Gasteiger partial charge in [-0.1, -0.05) is 47.5 Å². The third-order valence-corrected chi connectivity index (χ3v) is 6.01. The Morgan fingerprint density at radius 1 is 1.03 bits per heavy atom. The number of aryl methyl sites for hydroxylation is 1. The smallest absolute Gasteiger partial charge is 0.231 e. The maximum absolute atomic E-state index is 12.8. The number of nitrogens with zero attached hydrogens (tertiary/aromatic N) is 1. The third-order valence-electron chi connectivity index (χ3n) is 5.30. The van der Waals surface area contributed by atoms with E-state index in [0.29, 0.717) is 32.7 Å². The summed E-state index contributed by atoms with van der Waals surface area (Å²) in [4.78, 5) is 12.8. The lowest BCUT2D eigenvalue weighted by molar-refractivity contribution is 0.101. The molecule has 5 rings (SSSR count). The molecule has 4 nitrogen and oxygen atoms in total. The van der Waals surface area contributed by atoms with Crippen LogP contribution < -0.4 is 9.47 Å². The minimum absolute atomic E-state index is 0.149. The molecule has 0 N–H and O–H groups in total. The van der Waals surface area contributed by atoms with Gasteiger partial charge in [-0.3, -0.25) is 4.79 Å². The van der Waals surface area contributed by atoms with E-state index in [4.69, 9.17) is 32.7 Å². The number of para-hydroxylation sites is 1. The largest absolute Gasteiger partial charge is 0.489 e. The van der Waals surface area contributed by atoms with Crippen molar-refractivity contribution >= 4 is 46.0 Å². The molecule has 0 bridgehead atoms. The van der Waals surface area contributed by atoms with Crippen LogP contribution in [0.15, 0.2) is 72.6 Å². The SMILES string of the molecule is Cn1cc(C=C2Oc3cc(OCc4c(Cl)cccc4Cl)ccc3C2=O)c2ccccc21. The van der Waals surface area contributed by atoms with E-state index < -0.39 is 0 Å². The monoisotopic (exact) mass is 449 g/mol. The molecule has 0 atom stereocenters. The van der Waals surface area contributed by atoms with Crippen molar-refractivity contribution in [2.45, 2.75) is 6.61 Å². The fraction of sp³-hybridized carbons (Fsp3) is 0.0800. The highest BCUT2D eigenvalue weighted by atomic mass is 35.5. The Labute approximate surface area is 189 Å². The number of hydrogen-bond acceptors (Lipinski definition) is 3. The Hall–Kier alpha value is -3.21. The Balaban J connectivity index is 1.40. The topological polar surface area (TPSA) is 40.5 Å². The van der Waals surface area contributed by atoms with Crippen LogP contribution in [0.5, 0.6) is 11.5 Å². The first kappa shape index (κ1) is 19.7. The van der Waals surface area contributed by atoms with Gasteiger partial charge in [0.15, 0.2) is 5.76 Å². The molecular weight excluding hydrogens is 433 g/mol. The Kier molecular flexibility index (Phi) is 4.97. The molecule has 0 unspecified atom stereocenters. The van der Waals surface area contributed by atoms with Gasteiger partial charge in [0.2, 0.25) is 5.78 Å². The van der Waals surface area contributed by atoms with Gasteiger partial charge >= 0.3 is 0 Å². The van der Waals surface area contributed by atoms with Crippen LogP contribution in [0.1, 0.15) is 21.5 Å². The molecule has 0 fully saturated rings. The van der Waals surface area contributed by atoms with Crippen LogP contribution in [0.2, 0.25) is 10.0 Å². The summed E-state index contributed by atoms with van der Waals surface area (Å²) < 4.78 is 13.8. The van der Waals surface area contributed by atoms with Gasteiger partial charge in [-0.15, -0.1) is 0 Å². The van der Waals surface area contributed by atoms with Gasteiger partial charge in [0.05, 0.1) is 5.56 Å². The Bertz CT molecular complexity index is 1350. The lowest BCUT2D eigenvalue weighted by Gasteiger charge is -2.10. The zero-order valence-electron chi connectivity index (χ0n) is 16.6. The van der Waals surface area contributed by atoms with Crippen LogP contribution >= 0.6 is 23.2 Å². The number of halogens is 2. The molecule has 0 aliphatic carbocycles. The molecule has 2 heterocycles. The highest BCUT2D eigenvalue weighted by Crippen LogP contribution is 2.36. The van der Waals surface area contributed by atoms with Crippen LogP contribution in [-0.4, -0.2) is 10.4 Å². The van der Waals surface area contributed by atoms with Gasteiger partial charge in [0, 0.05) is 51.4 Å². The fourth-order valence-electron chi connectivity index (χ4n) is 3.71. The zero-order valence-corrected chi connectivity index (χ0v) is 18.1. The van der Waals surface area contributed by atoms with E-state index in [0.717, 1.165) is 16.5 Å². The summed E-state index contributed by atoms with van der Waals surface area (Å²) in [5.74, 6) is 1.18. The first-order valence-corrected chi connectivity index (χ1v) is 10.4. The number of rotatable bonds is 4. The van der Waals surface area contributed by atoms with E-state index in [9.17, 15) is 4.79 Å². The molecule has 0 radical (unpaired) electrons. The van der Waals surface area contributed by atoms with Gasteiger partial charge in [0.25, 0.3) is 0 Å². The van der Waals surface area contributed by atoms with Crippen molar-refractivity contribution in [1.82, 2.24) is 4.57 Å². The second-order valence-corrected chi connectivity index (χ2v) is 8.11. The number of carbonyl (C=O) groups excluding carboxylic acids is 1. The molecule has 4 aromatic rings. The lowest BCUT2D eigenvalue weighted by atomic mass is 10.1. The molecule has 0 spiro atoms. The summed E-state index contributed by atoms with van der Waals surface area (Å²) >= 11 is 12.4. The number of benzene rings is 3. The number of hydrogen-bond donors (Lipinski definition) is 0. The molecule has 154 valence electrons. The highest BCUT2D eigenvalue weighted by molar-refractivity contribution is 6.35. The number of allylic oxidation sites excluding steroid dienone is 1. The van der Waals surface area contributed by atoms with Crippen molar-refractivity contribution in [1.29, 1.82) is 0 Å². The maximum Gasteiger partial charge on any atom is 0.231 e. The molecule has 1 aliphatic heterocycles. The summed E-state index contributed by atoms with van der Waals surface area (Å²) in [5, 5.41) is 2.14. The number of ketones is 1. The van der Waals surface area contributed by atoms with Gasteiger partial charge < -0.3 is 14.0 Å². The summed E-state index contributed by atoms with van der Waals surface area (Å²) in [6.45, 7) is 0.212. The lowest BCUT2D eigenvalue weighted by Crippen LogP contribution is -1.98. The van der Waals surface area contributed by atoms with Gasteiger partial charge in [-0.05, 0) is 36.4 Å². The molecule has 0 saturated heterocycles. The van der Waals surface area contributed by atoms with Crippen molar-refractivity contribution in [3.05, 3.63) is 99.4 Å². The predicted octanol–water partition coefficient (Wildman–Crippen LogP) is 6.68. The molecule has 31 heavy (non-hydrogen) atoms. The number of ether oxygens (including phenoxy) is 2. The van der Waals surface area contributed by atoms with Crippen LogP contribution in [-0.2, 0) is 13.7 Å². The van der Waals surface area contributed by atoms with Crippen molar-refractivity contribution in [3.8, 4) is 11.5 Å². The van der Waals surface area contributed by atoms with E-state index in [1.54, 1.807) is 42.5 Å². The van der Waals surface area contributed by atoms with Gasteiger partial charge in [-0.25, -0.2) is 0 Å². The van der Waals surface area contributed by atoms with Crippen molar-refractivity contribution < 1.29 is 14.3 Å². The Morgan fingerprint density at radius 3 is 2.61 bits per heavy atom. The van der Waals surface area contributed by atoms with Crippen molar-refractivity contribution in [3.63, 3.8) is 0 Å². The van der Waals surface area contributed by atoms with Gasteiger partial charge in [-0.2, -0.15) is 0 Å². The van der Waals surface area contributed by atoms with E-state index in [1.807, 2.05) is 42.1 Å². The summed E-state index contributed by atoms with van der Waals surface area (Å²) in [6, 6.07) is 18.5. The van der Waals surface area contributed by atoms with Crippen LogP contribution in [0, 0.1) is 0 Å². The number of Topliss-reactive ketones (excluding diaryl/α,β-unsaturated/α-hetero) is 1. The van der Waals surface area contributed by atoms with Crippen LogP contribution in [0.25, 0.3) is 17.0 Å². The minimum atomic E-state index is -0.149. The Morgan fingerprint density at radius 2 is 1.81 bits per heavy atom. The van der Waals surface area contributed by atoms with E-state index in [2.05, 4.69) is 0 Å². The molecule has 6 heteroatoms. The minimum Gasteiger partial charge on any atom is -0.489 e. The zero-order chi connectivity index (χ0) is 21.5. The second kappa shape index (κ2) is 7.80. The molecule has 0 saturated carbocycles. The quantitative estimate of drug-likeness (QED) is 0.326. The summed E-state index contributed by atoms with van der Waals surface area (Å²) in [5.41, 5.74) is 3.24. The normalized spacial score (nSPS) is 14.2. The van der Waals surface area contributed by atoms with Crippen molar-refractivity contribution in [2.75, 3.05) is 0 Å². The summed E-state index contributed by atoms with van der Waals surface area (Å²) in [7, 11) is 1.98. The number of fused-ring (bicyclic) bond motifs is 2. The highest BCUT2D eigenvalue weighted by Gasteiger charge is 2.28. The standard InChI is InChI=1S/C25H17Cl2NO3/c1-28-13-15(17-5-2-3-8-22(17)28)11-24-25(29)18-10-9-16(12-23(18)31-24)30-14-19-20(26)6-4-7-21(19)27/h2-13H,14H2,1H3. The summed E-state index contributed by atoms with van der Waals surface area (Å²) in [6.07, 6.45) is 3.77. The molecule has 1 aromatic heterocycles. The average molecular weight is 450 g/mol. The fourth-order valence-corrected chi connectivity index (χ4v) is 4.22. The first-order valence-electron chi connectivity index (χ1n) is 9.69. The molecule has 1 aliphatic rings. The molecular formula is C25H17Cl2NO3. The molecule has 0 amide bonds. The van der Waals surface area contributed by atoms with Gasteiger partial charge in [0.1, 0.15) is 18.1 Å². The van der Waals surface area contributed by atoms with Crippen molar-refractivity contribution in [2.24, 2.45) is 7.05 Å². The van der Waals surface area contributed by atoms with E-state index >= 15 is 0 Å². The maximum atomic E-state index is 12.8. The molecule has 3 aromatic carbocycles. The number of aromatic nitrogens is 1. The third kappa shape index (κ3) is 3.58. The van der Waals surface area contributed by atoms with Crippen LogP contribution in [0.3, 0.4) is 0 Å². The van der Waals surface area contributed by atoms with Crippen LogP contribution in [0.4, 0.5) is 0 Å².